The number of hydrogen-bond acceptors (Lipinski definition) is 4. The summed E-state index contributed by atoms with van der Waals surface area (Å²) in [6.07, 6.45) is 5.54. The number of fused-ring (bicyclic) bond motifs is 3. The van der Waals surface area contributed by atoms with Gasteiger partial charge in [0, 0.05) is 22.4 Å². The van der Waals surface area contributed by atoms with Crippen molar-refractivity contribution in [2.75, 3.05) is 7.11 Å². The number of methoxy groups -OCH3 is 1. The number of amides is 2. The molecule has 2 amide bonds. The summed E-state index contributed by atoms with van der Waals surface area (Å²) in [6.45, 7) is 2.75. The second-order valence-electron chi connectivity index (χ2n) is 9.09. The lowest BCUT2D eigenvalue weighted by molar-refractivity contribution is -0.134. The van der Waals surface area contributed by atoms with Gasteiger partial charge in [-0.3, -0.25) is 9.59 Å². The normalized spacial score (nSPS) is 21.6. The van der Waals surface area contributed by atoms with E-state index < -0.39 is 5.54 Å². The van der Waals surface area contributed by atoms with E-state index in [0.29, 0.717) is 18.8 Å². The van der Waals surface area contributed by atoms with Gasteiger partial charge in [-0.25, -0.2) is 0 Å². The number of rotatable bonds is 5. The van der Waals surface area contributed by atoms with Gasteiger partial charge < -0.3 is 19.5 Å². The SMILES string of the molecule is COc1ccc2cc3n(c2c1)CC(C)(C(=O)NC1CCCCC1)N(Cc1cccs1)C3=O. The number of thiophene rings is 1. The number of carbonyl (C=O) groups excluding carboxylic acids is 2. The van der Waals surface area contributed by atoms with Gasteiger partial charge in [-0.1, -0.05) is 25.3 Å². The van der Waals surface area contributed by atoms with Gasteiger partial charge in [-0.2, -0.15) is 0 Å². The Bertz CT molecular complexity index is 1150. The summed E-state index contributed by atoms with van der Waals surface area (Å²) in [7, 11) is 1.64. The zero-order chi connectivity index (χ0) is 22.3. The smallest absolute Gasteiger partial charge is 0.271 e. The van der Waals surface area contributed by atoms with Crippen LogP contribution in [0.15, 0.2) is 41.8 Å². The van der Waals surface area contributed by atoms with Crippen molar-refractivity contribution in [1.29, 1.82) is 0 Å². The van der Waals surface area contributed by atoms with E-state index in [1.165, 1.54) is 6.42 Å². The highest BCUT2D eigenvalue weighted by atomic mass is 32.1. The van der Waals surface area contributed by atoms with Gasteiger partial charge >= 0.3 is 0 Å². The highest BCUT2D eigenvalue weighted by Gasteiger charge is 2.48. The molecule has 32 heavy (non-hydrogen) atoms. The van der Waals surface area contributed by atoms with E-state index in [4.69, 9.17) is 4.74 Å². The number of aromatic nitrogens is 1. The second-order valence-corrected chi connectivity index (χ2v) is 10.1. The molecule has 1 aliphatic heterocycles. The fourth-order valence-electron chi connectivity index (χ4n) is 5.05. The highest BCUT2D eigenvalue weighted by molar-refractivity contribution is 7.09. The number of benzene rings is 1. The van der Waals surface area contributed by atoms with E-state index in [9.17, 15) is 9.59 Å². The number of nitrogens with zero attached hydrogens (tertiary/aromatic N) is 2. The molecule has 2 aromatic heterocycles. The van der Waals surface area contributed by atoms with Crippen LogP contribution in [0, 0.1) is 0 Å². The predicted octanol–water partition coefficient (Wildman–Crippen LogP) is 4.58. The molecule has 0 radical (unpaired) electrons. The van der Waals surface area contributed by atoms with Crippen molar-refractivity contribution >= 4 is 34.1 Å². The highest BCUT2D eigenvalue weighted by Crippen LogP contribution is 2.35. The Morgan fingerprint density at radius 3 is 2.75 bits per heavy atom. The first-order valence-electron chi connectivity index (χ1n) is 11.3. The number of hydrogen-bond donors (Lipinski definition) is 1. The Labute approximate surface area is 192 Å². The van der Waals surface area contributed by atoms with Gasteiger partial charge in [-0.05, 0) is 49.4 Å². The van der Waals surface area contributed by atoms with E-state index >= 15 is 0 Å². The first-order chi connectivity index (χ1) is 15.5. The quantitative estimate of drug-likeness (QED) is 0.618. The Morgan fingerprint density at radius 2 is 2.03 bits per heavy atom. The third-order valence-electron chi connectivity index (χ3n) is 6.96. The lowest BCUT2D eigenvalue weighted by Crippen LogP contribution is -2.64. The minimum atomic E-state index is -0.986. The van der Waals surface area contributed by atoms with Crippen molar-refractivity contribution in [3.8, 4) is 5.75 Å². The number of nitrogens with one attached hydrogen (secondary N) is 1. The molecule has 0 saturated heterocycles. The Morgan fingerprint density at radius 1 is 1.22 bits per heavy atom. The first kappa shape index (κ1) is 21.1. The van der Waals surface area contributed by atoms with Crippen LogP contribution < -0.4 is 10.1 Å². The number of ether oxygens (including phenoxy) is 1. The van der Waals surface area contributed by atoms with E-state index in [2.05, 4.69) is 5.32 Å². The zero-order valence-corrected chi connectivity index (χ0v) is 19.4. The van der Waals surface area contributed by atoms with Crippen molar-refractivity contribution in [3.63, 3.8) is 0 Å². The molecule has 3 heterocycles. The van der Waals surface area contributed by atoms with Crippen molar-refractivity contribution in [2.24, 2.45) is 0 Å². The molecule has 1 atom stereocenters. The molecule has 7 heteroatoms. The summed E-state index contributed by atoms with van der Waals surface area (Å²) in [5.41, 5.74) is 0.550. The van der Waals surface area contributed by atoms with Crippen molar-refractivity contribution in [1.82, 2.24) is 14.8 Å². The average Bonchev–Trinajstić information content (AvgIpc) is 3.45. The molecule has 1 aromatic carbocycles. The topological polar surface area (TPSA) is 63.6 Å². The first-order valence-corrected chi connectivity index (χ1v) is 12.2. The Balaban J connectivity index is 1.56. The Kier molecular flexibility index (Phi) is 5.45. The molecule has 1 aliphatic carbocycles. The fraction of sp³-hybridized carbons (Fsp3) is 0.440. The average molecular weight is 452 g/mol. The molecular weight excluding hydrogens is 422 g/mol. The molecule has 1 saturated carbocycles. The summed E-state index contributed by atoms with van der Waals surface area (Å²) in [5.74, 6) is 0.561. The molecule has 6 nitrogen and oxygen atoms in total. The molecule has 168 valence electrons. The van der Waals surface area contributed by atoms with Gasteiger partial charge in [0.05, 0.1) is 25.7 Å². The van der Waals surface area contributed by atoms with Crippen LogP contribution in [-0.4, -0.2) is 40.0 Å². The van der Waals surface area contributed by atoms with E-state index in [1.54, 1.807) is 23.3 Å². The van der Waals surface area contributed by atoms with Crippen LogP contribution in [0.1, 0.15) is 54.4 Å². The molecule has 5 rings (SSSR count). The predicted molar refractivity (Wildman–Crippen MR) is 126 cm³/mol. The fourth-order valence-corrected chi connectivity index (χ4v) is 5.74. The molecule has 3 aromatic rings. The monoisotopic (exact) mass is 451 g/mol. The standard InChI is InChI=1S/C25H29N3O3S/c1-25(24(30)26-18-7-4-3-5-8-18)16-27-21-14-19(31-2)11-10-17(21)13-22(27)23(29)28(25)15-20-9-6-12-32-20/h6,9-14,18H,3-5,7-8,15-16H2,1-2H3,(H,26,30). The maximum atomic E-state index is 13.8. The van der Waals surface area contributed by atoms with Crippen LogP contribution in [0.4, 0.5) is 0 Å². The molecule has 0 bridgehead atoms. The molecule has 1 unspecified atom stereocenters. The van der Waals surface area contributed by atoms with Crippen LogP contribution in [0.5, 0.6) is 5.75 Å². The van der Waals surface area contributed by atoms with Crippen LogP contribution in [-0.2, 0) is 17.9 Å². The second kappa shape index (κ2) is 8.28. The summed E-state index contributed by atoms with van der Waals surface area (Å²) in [5, 5.41) is 6.27. The maximum Gasteiger partial charge on any atom is 0.271 e. The van der Waals surface area contributed by atoms with Crippen molar-refractivity contribution < 1.29 is 14.3 Å². The van der Waals surface area contributed by atoms with Crippen molar-refractivity contribution in [2.45, 2.75) is 63.7 Å². The third kappa shape index (κ3) is 3.58. The maximum absolute atomic E-state index is 13.8. The van der Waals surface area contributed by atoms with Gasteiger partial charge in [0.1, 0.15) is 17.0 Å². The van der Waals surface area contributed by atoms with E-state index in [1.807, 2.05) is 53.3 Å². The van der Waals surface area contributed by atoms with E-state index in [0.717, 1.165) is 47.2 Å². The van der Waals surface area contributed by atoms with Crippen molar-refractivity contribution in [3.05, 3.63) is 52.3 Å². The lowest BCUT2D eigenvalue weighted by atomic mass is 9.91. The third-order valence-corrected chi connectivity index (χ3v) is 7.82. The zero-order valence-electron chi connectivity index (χ0n) is 18.6. The van der Waals surface area contributed by atoms with Gasteiger partial charge in [0.15, 0.2) is 0 Å². The largest absolute Gasteiger partial charge is 0.497 e. The molecule has 0 spiro atoms. The number of carbonyl (C=O) groups is 2. The lowest BCUT2D eigenvalue weighted by Gasteiger charge is -2.44. The summed E-state index contributed by atoms with van der Waals surface area (Å²) in [4.78, 5) is 30.3. The molecular formula is C25H29N3O3S. The Hall–Kier alpha value is -2.80. The van der Waals surface area contributed by atoms with Gasteiger partial charge in [-0.15, -0.1) is 11.3 Å². The molecule has 2 aliphatic rings. The summed E-state index contributed by atoms with van der Waals surface area (Å²) >= 11 is 1.61. The van der Waals surface area contributed by atoms with Crippen LogP contribution in [0.25, 0.3) is 10.9 Å². The van der Waals surface area contributed by atoms with Crippen LogP contribution in [0.2, 0.25) is 0 Å². The summed E-state index contributed by atoms with van der Waals surface area (Å²) in [6, 6.07) is 11.9. The van der Waals surface area contributed by atoms with E-state index in [-0.39, 0.29) is 17.9 Å². The van der Waals surface area contributed by atoms with Gasteiger partial charge in [0.2, 0.25) is 5.91 Å². The summed E-state index contributed by atoms with van der Waals surface area (Å²) < 4.78 is 7.41. The minimum absolute atomic E-state index is 0.0651. The van der Waals surface area contributed by atoms with Crippen LogP contribution >= 0.6 is 11.3 Å². The molecule has 1 fully saturated rings. The van der Waals surface area contributed by atoms with Crippen LogP contribution in [0.3, 0.4) is 0 Å². The minimum Gasteiger partial charge on any atom is -0.497 e. The van der Waals surface area contributed by atoms with Gasteiger partial charge in [0.25, 0.3) is 5.91 Å². The molecule has 1 N–H and O–H groups in total.